The zero-order chi connectivity index (χ0) is 12.8. The van der Waals surface area contributed by atoms with Gasteiger partial charge in [0.2, 0.25) is 0 Å². The Hall–Kier alpha value is -0.820. The van der Waals surface area contributed by atoms with Crippen molar-refractivity contribution in [2.75, 3.05) is 0 Å². The molecule has 0 aliphatic rings. The average molecular weight is 233 g/mol. The molecule has 1 aromatic carbocycles. The van der Waals surface area contributed by atoms with Crippen LogP contribution < -0.4 is 5.32 Å². The van der Waals surface area contributed by atoms with E-state index in [0.717, 1.165) is 12.5 Å². The molecule has 0 heterocycles. The van der Waals surface area contributed by atoms with Crippen molar-refractivity contribution in [3.63, 3.8) is 0 Å². The quantitative estimate of drug-likeness (QED) is 0.776. The van der Waals surface area contributed by atoms with Crippen molar-refractivity contribution in [1.29, 1.82) is 0 Å². The van der Waals surface area contributed by atoms with Crippen LogP contribution in [-0.4, -0.2) is 6.04 Å². The van der Waals surface area contributed by atoms with Crippen LogP contribution in [0.3, 0.4) is 0 Å². The minimum Gasteiger partial charge on any atom is -0.310 e. The Morgan fingerprint density at radius 1 is 1.18 bits per heavy atom. The topological polar surface area (TPSA) is 12.0 Å². The molecule has 2 unspecified atom stereocenters. The molecule has 1 nitrogen and oxygen atoms in total. The van der Waals surface area contributed by atoms with Crippen LogP contribution in [0.15, 0.2) is 18.2 Å². The lowest BCUT2D eigenvalue weighted by molar-refractivity contribution is 0.412. The van der Waals surface area contributed by atoms with E-state index in [1.807, 2.05) is 0 Å². The van der Waals surface area contributed by atoms with Crippen LogP contribution in [0.5, 0.6) is 0 Å². The van der Waals surface area contributed by atoms with Gasteiger partial charge in [0.15, 0.2) is 0 Å². The molecular formula is C16H27N. The summed E-state index contributed by atoms with van der Waals surface area (Å²) in [6, 6.07) is 7.30. The number of nitrogens with one attached hydrogen (secondary N) is 1. The third-order valence-electron chi connectivity index (χ3n) is 3.59. The summed E-state index contributed by atoms with van der Waals surface area (Å²) in [5.74, 6) is 0.816. The summed E-state index contributed by atoms with van der Waals surface area (Å²) in [6.45, 7) is 12.2. The first-order chi connectivity index (χ1) is 8.02. The normalized spacial score (nSPS) is 14.6. The van der Waals surface area contributed by atoms with Gasteiger partial charge in [0.1, 0.15) is 0 Å². The van der Waals surface area contributed by atoms with Gasteiger partial charge in [0, 0.05) is 12.6 Å². The summed E-state index contributed by atoms with van der Waals surface area (Å²) in [5.41, 5.74) is 4.17. The highest BCUT2D eigenvalue weighted by Gasteiger charge is 2.07. The van der Waals surface area contributed by atoms with E-state index in [4.69, 9.17) is 0 Å². The first-order valence-electron chi connectivity index (χ1n) is 6.82. The van der Waals surface area contributed by atoms with E-state index < -0.39 is 0 Å². The predicted octanol–water partition coefficient (Wildman–Crippen LogP) is 4.22. The molecule has 1 rings (SSSR count). The SMILES string of the molecule is CCC(C)CC(C)NCc1ccc(C)cc1C. The Kier molecular flexibility index (Phi) is 5.70. The summed E-state index contributed by atoms with van der Waals surface area (Å²) in [7, 11) is 0. The maximum Gasteiger partial charge on any atom is 0.0210 e. The highest BCUT2D eigenvalue weighted by atomic mass is 14.9. The molecule has 0 amide bonds. The van der Waals surface area contributed by atoms with E-state index >= 15 is 0 Å². The first-order valence-corrected chi connectivity index (χ1v) is 6.82. The number of hydrogen-bond donors (Lipinski definition) is 1. The van der Waals surface area contributed by atoms with Crippen LogP contribution in [0.2, 0.25) is 0 Å². The second-order valence-electron chi connectivity index (χ2n) is 5.46. The monoisotopic (exact) mass is 233 g/mol. The van der Waals surface area contributed by atoms with Crippen molar-refractivity contribution in [3.8, 4) is 0 Å². The van der Waals surface area contributed by atoms with Crippen LogP contribution in [-0.2, 0) is 6.54 Å². The van der Waals surface area contributed by atoms with Gasteiger partial charge in [-0.15, -0.1) is 0 Å². The van der Waals surface area contributed by atoms with Gasteiger partial charge >= 0.3 is 0 Å². The number of rotatable bonds is 6. The van der Waals surface area contributed by atoms with Gasteiger partial charge in [-0.25, -0.2) is 0 Å². The van der Waals surface area contributed by atoms with Crippen LogP contribution in [0.4, 0.5) is 0 Å². The lowest BCUT2D eigenvalue weighted by atomic mass is 10.00. The van der Waals surface area contributed by atoms with Gasteiger partial charge in [-0.1, -0.05) is 44.0 Å². The molecular weight excluding hydrogens is 206 g/mol. The maximum atomic E-state index is 3.62. The van der Waals surface area contributed by atoms with Crippen molar-refractivity contribution < 1.29 is 0 Å². The second kappa shape index (κ2) is 6.80. The van der Waals surface area contributed by atoms with E-state index in [2.05, 4.69) is 58.1 Å². The van der Waals surface area contributed by atoms with Crippen LogP contribution >= 0.6 is 0 Å². The lowest BCUT2D eigenvalue weighted by Gasteiger charge is -2.18. The molecule has 0 radical (unpaired) electrons. The standard InChI is InChI=1S/C16H27N/c1-6-12(2)10-15(5)17-11-16-8-7-13(3)9-14(16)4/h7-9,12,15,17H,6,10-11H2,1-5H3. The number of benzene rings is 1. The molecule has 1 aromatic rings. The van der Waals surface area contributed by atoms with E-state index in [1.54, 1.807) is 0 Å². The van der Waals surface area contributed by atoms with Crippen molar-refractivity contribution >= 4 is 0 Å². The number of hydrogen-bond acceptors (Lipinski definition) is 1. The molecule has 0 aromatic heterocycles. The van der Waals surface area contributed by atoms with Gasteiger partial charge < -0.3 is 5.32 Å². The van der Waals surface area contributed by atoms with E-state index in [9.17, 15) is 0 Å². The van der Waals surface area contributed by atoms with Gasteiger partial charge in [-0.05, 0) is 44.2 Å². The largest absolute Gasteiger partial charge is 0.310 e. The van der Waals surface area contributed by atoms with Gasteiger partial charge in [0.05, 0.1) is 0 Å². The van der Waals surface area contributed by atoms with Gasteiger partial charge in [-0.3, -0.25) is 0 Å². The van der Waals surface area contributed by atoms with Crippen LogP contribution in [0.25, 0.3) is 0 Å². The summed E-state index contributed by atoms with van der Waals surface area (Å²) in [4.78, 5) is 0. The molecule has 2 atom stereocenters. The predicted molar refractivity (Wildman–Crippen MR) is 76.3 cm³/mol. The fourth-order valence-corrected chi connectivity index (χ4v) is 2.18. The third-order valence-corrected chi connectivity index (χ3v) is 3.59. The average Bonchev–Trinajstić information content (AvgIpc) is 2.27. The Bertz CT molecular complexity index is 343. The Labute approximate surface area is 107 Å². The minimum atomic E-state index is 0.602. The summed E-state index contributed by atoms with van der Waals surface area (Å²) in [5, 5.41) is 3.62. The van der Waals surface area contributed by atoms with Crippen molar-refractivity contribution in [2.24, 2.45) is 5.92 Å². The molecule has 0 spiro atoms. The maximum absolute atomic E-state index is 3.62. The molecule has 1 heteroatoms. The molecule has 1 N–H and O–H groups in total. The summed E-state index contributed by atoms with van der Waals surface area (Å²) >= 11 is 0. The highest BCUT2D eigenvalue weighted by Crippen LogP contribution is 2.13. The van der Waals surface area contributed by atoms with Crippen molar-refractivity contribution in [1.82, 2.24) is 5.32 Å². The molecule has 0 aliphatic carbocycles. The van der Waals surface area contributed by atoms with E-state index in [0.29, 0.717) is 6.04 Å². The molecule has 96 valence electrons. The van der Waals surface area contributed by atoms with Crippen LogP contribution in [0.1, 0.15) is 50.3 Å². The Morgan fingerprint density at radius 3 is 2.47 bits per heavy atom. The van der Waals surface area contributed by atoms with Crippen molar-refractivity contribution in [2.45, 2.75) is 60.0 Å². The molecule has 17 heavy (non-hydrogen) atoms. The molecule has 0 bridgehead atoms. The van der Waals surface area contributed by atoms with E-state index in [1.165, 1.54) is 29.5 Å². The summed E-state index contributed by atoms with van der Waals surface area (Å²) in [6.07, 6.45) is 2.54. The fraction of sp³-hybridized carbons (Fsp3) is 0.625. The molecule has 0 saturated carbocycles. The second-order valence-corrected chi connectivity index (χ2v) is 5.46. The Balaban J connectivity index is 2.44. The zero-order valence-corrected chi connectivity index (χ0v) is 12.0. The smallest absolute Gasteiger partial charge is 0.0210 e. The first kappa shape index (κ1) is 14.2. The third kappa shape index (κ3) is 4.91. The van der Waals surface area contributed by atoms with E-state index in [-0.39, 0.29) is 0 Å². The minimum absolute atomic E-state index is 0.602. The lowest BCUT2D eigenvalue weighted by Crippen LogP contribution is -2.27. The Morgan fingerprint density at radius 2 is 1.88 bits per heavy atom. The molecule has 0 aliphatic heterocycles. The summed E-state index contributed by atoms with van der Waals surface area (Å²) < 4.78 is 0. The zero-order valence-electron chi connectivity index (χ0n) is 12.0. The highest BCUT2D eigenvalue weighted by molar-refractivity contribution is 5.30. The van der Waals surface area contributed by atoms with Crippen molar-refractivity contribution in [3.05, 3.63) is 34.9 Å². The van der Waals surface area contributed by atoms with Crippen LogP contribution in [0, 0.1) is 19.8 Å². The fourth-order valence-electron chi connectivity index (χ4n) is 2.18. The van der Waals surface area contributed by atoms with Gasteiger partial charge in [-0.2, -0.15) is 0 Å². The number of aryl methyl sites for hydroxylation is 2. The molecule has 0 saturated heterocycles. The molecule has 0 fully saturated rings. The van der Waals surface area contributed by atoms with Gasteiger partial charge in [0.25, 0.3) is 0 Å².